The normalized spacial score (nSPS) is 12.3. The van der Waals surface area contributed by atoms with Gasteiger partial charge in [0.1, 0.15) is 0 Å². The second-order valence-corrected chi connectivity index (χ2v) is 8.20. The number of rotatable bonds is 6. The molecule has 1 aromatic carbocycles. The smallest absolute Gasteiger partial charge is 0.408 e. The Kier molecular flexibility index (Phi) is 4.54. The summed E-state index contributed by atoms with van der Waals surface area (Å²) < 4.78 is 31.9. The number of nitrogens with zero attached hydrogens (tertiary/aromatic N) is 2. The Morgan fingerprint density at radius 1 is 1.38 bits per heavy atom. The molecule has 2 heterocycles. The van der Waals surface area contributed by atoms with Crippen LogP contribution in [-0.4, -0.2) is 43.3 Å². The number of nitrogens with one attached hydrogen (secondary N) is 2. The fraction of sp³-hybridized carbons (Fsp3) is 0.286. The van der Waals surface area contributed by atoms with Crippen molar-refractivity contribution in [1.82, 2.24) is 19.0 Å². The van der Waals surface area contributed by atoms with E-state index in [2.05, 4.69) is 14.7 Å². The summed E-state index contributed by atoms with van der Waals surface area (Å²) in [5.74, 6) is -0.491. The molecule has 2 N–H and O–H groups in total. The van der Waals surface area contributed by atoms with Crippen LogP contribution in [0.5, 0.6) is 0 Å². The number of fused-ring (bicyclic) bond motifs is 1. The summed E-state index contributed by atoms with van der Waals surface area (Å²) in [6.07, 6.45) is 0.499. The summed E-state index contributed by atoms with van der Waals surface area (Å²) in [5, 5.41) is 2.71. The molecule has 0 fully saturated rings. The highest BCUT2D eigenvalue weighted by molar-refractivity contribution is 7.87. The first-order valence-electron chi connectivity index (χ1n) is 7.10. The average Bonchev–Trinajstić information content (AvgIpc) is 3.11. The van der Waals surface area contributed by atoms with Crippen molar-refractivity contribution in [3.05, 3.63) is 39.1 Å². The summed E-state index contributed by atoms with van der Waals surface area (Å²) in [7, 11) is -0.478. The van der Waals surface area contributed by atoms with Gasteiger partial charge in [-0.15, -0.1) is 11.3 Å². The number of aromatic nitrogens is 2. The maximum atomic E-state index is 11.6. The molecule has 0 bridgehead atoms. The van der Waals surface area contributed by atoms with Crippen LogP contribution in [0.4, 0.5) is 0 Å². The molecule has 0 unspecified atom stereocenters. The SMILES string of the molecule is CN(C)S(=O)(=O)NCCc1nc(-c2ccc3[nH]c(=O)oc3c2)cs1. The second-order valence-electron chi connectivity index (χ2n) is 5.28. The lowest BCUT2D eigenvalue weighted by molar-refractivity contribution is 0.506. The van der Waals surface area contributed by atoms with Crippen molar-refractivity contribution in [2.75, 3.05) is 20.6 Å². The lowest BCUT2D eigenvalue weighted by Crippen LogP contribution is -2.36. The van der Waals surface area contributed by atoms with E-state index in [-0.39, 0.29) is 6.54 Å². The van der Waals surface area contributed by atoms with Crippen LogP contribution >= 0.6 is 11.3 Å². The van der Waals surface area contributed by atoms with Gasteiger partial charge in [0, 0.05) is 38.0 Å². The molecule has 0 saturated heterocycles. The van der Waals surface area contributed by atoms with Gasteiger partial charge in [-0.25, -0.2) is 14.5 Å². The van der Waals surface area contributed by atoms with Gasteiger partial charge in [0.05, 0.1) is 16.2 Å². The van der Waals surface area contributed by atoms with Crippen molar-refractivity contribution in [2.24, 2.45) is 0 Å². The summed E-state index contributed by atoms with van der Waals surface area (Å²) in [6.45, 7) is 0.277. The molecule has 10 heteroatoms. The van der Waals surface area contributed by atoms with E-state index >= 15 is 0 Å². The van der Waals surface area contributed by atoms with Gasteiger partial charge in [0.2, 0.25) is 0 Å². The summed E-state index contributed by atoms with van der Waals surface area (Å²) in [6, 6.07) is 5.36. The molecule has 3 aromatic rings. The van der Waals surface area contributed by atoms with E-state index in [1.54, 1.807) is 12.1 Å². The number of oxazole rings is 1. The largest absolute Gasteiger partial charge is 0.417 e. The first kappa shape index (κ1) is 16.8. The third-order valence-corrected chi connectivity index (χ3v) is 5.81. The number of benzene rings is 1. The monoisotopic (exact) mass is 368 g/mol. The number of thiazole rings is 1. The van der Waals surface area contributed by atoms with E-state index in [0.29, 0.717) is 17.5 Å². The zero-order chi connectivity index (χ0) is 17.3. The molecule has 0 radical (unpaired) electrons. The molecule has 128 valence electrons. The second kappa shape index (κ2) is 6.48. The zero-order valence-electron chi connectivity index (χ0n) is 13.1. The molecule has 0 aliphatic heterocycles. The molecule has 3 rings (SSSR count). The van der Waals surface area contributed by atoms with Crippen LogP contribution in [0.3, 0.4) is 0 Å². The van der Waals surface area contributed by atoms with Crippen LogP contribution in [0, 0.1) is 0 Å². The van der Waals surface area contributed by atoms with Gasteiger partial charge in [-0.3, -0.25) is 4.98 Å². The van der Waals surface area contributed by atoms with Gasteiger partial charge in [-0.05, 0) is 12.1 Å². The minimum absolute atomic E-state index is 0.277. The highest BCUT2D eigenvalue weighted by atomic mass is 32.2. The lowest BCUT2D eigenvalue weighted by Gasteiger charge is -2.11. The van der Waals surface area contributed by atoms with Crippen LogP contribution in [-0.2, 0) is 16.6 Å². The van der Waals surface area contributed by atoms with Crippen LogP contribution in [0.15, 0.2) is 32.8 Å². The minimum atomic E-state index is -3.42. The Morgan fingerprint density at radius 3 is 2.92 bits per heavy atom. The maximum absolute atomic E-state index is 11.6. The highest BCUT2D eigenvalue weighted by Gasteiger charge is 2.13. The molecule has 24 heavy (non-hydrogen) atoms. The fourth-order valence-corrected chi connectivity index (χ4v) is 3.50. The van der Waals surface area contributed by atoms with E-state index in [9.17, 15) is 13.2 Å². The number of H-pyrrole nitrogens is 1. The predicted molar refractivity (Wildman–Crippen MR) is 92.3 cm³/mol. The van der Waals surface area contributed by atoms with Crippen LogP contribution in [0.1, 0.15) is 5.01 Å². The quantitative estimate of drug-likeness (QED) is 0.679. The molecule has 0 aliphatic carbocycles. The van der Waals surface area contributed by atoms with Crippen LogP contribution in [0.25, 0.3) is 22.4 Å². The Morgan fingerprint density at radius 2 is 2.17 bits per heavy atom. The maximum Gasteiger partial charge on any atom is 0.417 e. The zero-order valence-corrected chi connectivity index (χ0v) is 14.7. The summed E-state index contributed by atoms with van der Waals surface area (Å²) in [4.78, 5) is 18.3. The van der Waals surface area contributed by atoms with Crippen molar-refractivity contribution in [3.63, 3.8) is 0 Å². The highest BCUT2D eigenvalue weighted by Crippen LogP contribution is 2.25. The number of aromatic amines is 1. The molecular formula is C14H16N4O4S2. The molecule has 0 saturated carbocycles. The van der Waals surface area contributed by atoms with Crippen LogP contribution in [0.2, 0.25) is 0 Å². The third-order valence-electron chi connectivity index (χ3n) is 3.37. The summed E-state index contributed by atoms with van der Waals surface area (Å²) >= 11 is 1.45. The topological polar surface area (TPSA) is 108 Å². The van der Waals surface area contributed by atoms with Gasteiger partial charge < -0.3 is 4.42 Å². The molecule has 0 spiro atoms. The molecule has 0 amide bonds. The first-order chi connectivity index (χ1) is 11.3. The van der Waals surface area contributed by atoms with Crippen LogP contribution < -0.4 is 10.5 Å². The van der Waals surface area contributed by atoms with Gasteiger partial charge >= 0.3 is 5.76 Å². The molecule has 2 aromatic heterocycles. The van der Waals surface area contributed by atoms with E-state index in [0.717, 1.165) is 20.6 Å². The molecule has 0 atom stereocenters. The van der Waals surface area contributed by atoms with E-state index in [1.807, 2.05) is 11.4 Å². The molecular weight excluding hydrogens is 352 g/mol. The van der Waals surface area contributed by atoms with E-state index in [4.69, 9.17) is 4.42 Å². The van der Waals surface area contributed by atoms with Crippen molar-refractivity contribution in [2.45, 2.75) is 6.42 Å². The molecule has 0 aliphatic rings. The van der Waals surface area contributed by atoms with Gasteiger partial charge in [0.25, 0.3) is 10.2 Å². The lowest BCUT2D eigenvalue weighted by atomic mass is 10.1. The first-order valence-corrected chi connectivity index (χ1v) is 9.42. The van der Waals surface area contributed by atoms with Gasteiger partial charge in [-0.2, -0.15) is 12.7 Å². The fourth-order valence-electron chi connectivity index (χ4n) is 2.08. The number of hydrogen-bond donors (Lipinski definition) is 2. The average molecular weight is 368 g/mol. The Labute approximate surface area is 142 Å². The van der Waals surface area contributed by atoms with E-state index in [1.165, 1.54) is 25.4 Å². The van der Waals surface area contributed by atoms with Crippen molar-refractivity contribution in [3.8, 4) is 11.3 Å². The Balaban J connectivity index is 1.71. The summed E-state index contributed by atoms with van der Waals surface area (Å²) in [5.41, 5.74) is 2.71. The predicted octanol–water partition coefficient (Wildman–Crippen LogP) is 1.18. The van der Waals surface area contributed by atoms with Gasteiger partial charge in [-0.1, -0.05) is 6.07 Å². The third kappa shape index (κ3) is 3.56. The Bertz CT molecular complexity index is 1020. The van der Waals surface area contributed by atoms with Gasteiger partial charge in [0.15, 0.2) is 5.58 Å². The standard InChI is InChI=1S/C14H16N4O4S2/c1-18(2)24(20,21)15-6-5-13-16-11(8-23-13)9-3-4-10-12(7-9)22-14(19)17-10/h3-4,7-8,15H,5-6H2,1-2H3,(H,17,19). The Hall–Kier alpha value is -2.01. The minimum Gasteiger partial charge on any atom is -0.408 e. The van der Waals surface area contributed by atoms with Crippen molar-refractivity contribution >= 4 is 32.6 Å². The number of hydrogen-bond acceptors (Lipinski definition) is 6. The van der Waals surface area contributed by atoms with Crippen molar-refractivity contribution in [1.29, 1.82) is 0 Å². The molecule has 8 nitrogen and oxygen atoms in total. The van der Waals surface area contributed by atoms with E-state index < -0.39 is 16.0 Å². The van der Waals surface area contributed by atoms with Crippen molar-refractivity contribution < 1.29 is 12.8 Å².